The van der Waals surface area contributed by atoms with Gasteiger partial charge >= 0.3 is 0 Å². The van der Waals surface area contributed by atoms with Gasteiger partial charge in [-0.1, -0.05) is 12.1 Å². The maximum absolute atomic E-state index is 10.6. The molecule has 0 radical (unpaired) electrons. The van der Waals surface area contributed by atoms with Gasteiger partial charge in [0.05, 0.1) is 6.07 Å². The first-order valence-corrected chi connectivity index (χ1v) is 4.15. The average molecular weight is 194 g/mol. The molecule has 0 saturated heterocycles. The van der Waals surface area contributed by atoms with Crippen molar-refractivity contribution in [2.45, 2.75) is 25.7 Å². The molecule has 74 valence electrons. The van der Waals surface area contributed by atoms with E-state index in [1.807, 2.05) is 13.0 Å². The van der Waals surface area contributed by atoms with Crippen LogP contribution < -0.4 is 5.73 Å². The summed E-state index contributed by atoms with van der Waals surface area (Å²) in [5.74, 6) is -0.527. The molecule has 6 heteroatoms. The minimum atomic E-state index is -0.715. The molecule has 1 atom stereocenters. The first-order valence-electron chi connectivity index (χ1n) is 4.15. The smallest absolute Gasteiger partial charge is 0.290 e. The summed E-state index contributed by atoms with van der Waals surface area (Å²) in [5.41, 5.74) is 4.95. The maximum atomic E-state index is 10.6. The third-order valence-corrected chi connectivity index (χ3v) is 1.77. The largest absolute Gasteiger partial charge is 0.363 e. The molecule has 0 fully saturated rings. The van der Waals surface area contributed by atoms with E-state index >= 15 is 0 Å². The van der Waals surface area contributed by atoms with Crippen molar-refractivity contribution in [1.29, 1.82) is 5.26 Å². The minimum absolute atomic E-state index is 0.0322. The predicted molar refractivity (Wildman–Crippen MR) is 46.1 cm³/mol. The van der Waals surface area contributed by atoms with Gasteiger partial charge in [-0.25, -0.2) is 0 Å². The van der Waals surface area contributed by atoms with E-state index in [4.69, 9.17) is 15.5 Å². The molecule has 0 spiro atoms. The second kappa shape index (κ2) is 4.37. The molecule has 0 aromatic carbocycles. The summed E-state index contributed by atoms with van der Waals surface area (Å²) in [5, 5.41) is 11.8. The van der Waals surface area contributed by atoms with Crippen molar-refractivity contribution in [2.75, 3.05) is 0 Å². The molecule has 2 N–H and O–H groups in total. The number of nitriles is 1. The van der Waals surface area contributed by atoms with E-state index in [-0.39, 0.29) is 11.7 Å². The van der Waals surface area contributed by atoms with Crippen molar-refractivity contribution in [3.8, 4) is 6.07 Å². The normalized spacial score (nSPS) is 12.0. The lowest BCUT2D eigenvalue weighted by Gasteiger charge is -2.00. The Labute approximate surface area is 80.7 Å². The molecule has 1 amide bonds. The van der Waals surface area contributed by atoms with E-state index < -0.39 is 5.91 Å². The van der Waals surface area contributed by atoms with Crippen LogP contribution in [0.5, 0.6) is 0 Å². The van der Waals surface area contributed by atoms with Crippen LogP contribution in [-0.2, 0) is 0 Å². The molecular weight excluding hydrogens is 184 g/mol. The monoisotopic (exact) mass is 194 g/mol. The molecule has 1 aromatic heterocycles. The third kappa shape index (κ3) is 2.29. The molecule has 1 rings (SSSR count). The van der Waals surface area contributed by atoms with Gasteiger partial charge in [0.1, 0.15) is 0 Å². The van der Waals surface area contributed by atoms with E-state index in [0.717, 1.165) is 0 Å². The van der Waals surface area contributed by atoms with Crippen molar-refractivity contribution in [2.24, 2.45) is 5.73 Å². The highest BCUT2D eigenvalue weighted by Crippen LogP contribution is 2.17. The Kier molecular flexibility index (Phi) is 3.18. The zero-order valence-electron chi connectivity index (χ0n) is 7.73. The number of amides is 1. The van der Waals surface area contributed by atoms with Crippen LogP contribution in [0.3, 0.4) is 0 Å². The SMILES string of the molecule is CC(CCC#N)c1nc(C(N)=O)no1. The highest BCUT2D eigenvalue weighted by Gasteiger charge is 2.16. The topological polar surface area (TPSA) is 106 Å². The number of hydrogen-bond acceptors (Lipinski definition) is 5. The maximum Gasteiger partial charge on any atom is 0.290 e. The molecule has 0 bridgehead atoms. The van der Waals surface area contributed by atoms with E-state index in [1.165, 1.54) is 0 Å². The number of nitrogens with two attached hydrogens (primary N) is 1. The zero-order chi connectivity index (χ0) is 10.6. The fraction of sp³-hybridized carbons (Fsp3) is 0.500. The molecule has 0 saturated carbocycles. The van der Waals surface area contributed by atoms with Gasteiger partial charge in [0.2, 0.25) is 5.89 Å². The van der Waals surface area contributed by atoms with Crippen LogP contribution in [0.15, 0.2) is 4.52 Å². The molecular formula is C8H10N4O2. The van der Waals surface area contributed by atoms with Gasteiger partial charge in [0.25, 0.3) is 11.7 Å². The number of hydrogen-bond donors (Lipinski definition) is 1. The summed E-state index contributed by atoms with van der Waals surface area (Å²) in [6.07, 6.45) is 1.03. The van der Waals surface area contributed by atoms with Gasteiger partial charge in [0, 0.05) is 12.3 Å². The third-order valence-electron chi connectivity index (χ3n) is 1.77. The van der Waals surface area contributed by atoms with Crippen molar-refractivity contribution in [1.82, 2.24) is 10.1 Å². The van der Waals surface area contributed by atoms with Crippen LogP contribution in [0, 0.1) is 11.3 Å². The Hall–Kier alpha value is -1.90. The number of nitrogens with zero attached hydrogens (tertiary/aromatic N) is 3. The molecule has 1 aromatic rings. The van der Waals surface area contributed by atoms with E-state index in [9.17, 15) is 4.79 Å². The van der Waals surface area contributed by atoms with Gasteiger partial charge in [-0.2, -0.15) is 10.2 Å². The Morgan fingerprint density at radius 3 is 3.00 bits per heavy atom. The molecule has 6 nitrogen and oxygen atoms in total. The number of rotatable bonds is 4. The zero-order valence-corrected chi connectivity index (χ0v) is 7.73. The lowest BCUT2D eigenvalue weighted by atomic mass is 10.1. The van der Waals surface area contributed by atoms with Crippen LogP contribution >= 0.6 is 0 Å². The van der Waals surface area contributed by atoms with E-state index in [0.29, 0.717) is 18.7 Å². The predicted octanol–water partition coefficient (Wildman–Crippen LogP) is 0.576. The summed E-state index contributed by atoms with van der Waals surface area (Å²) in [6, 6.07) is 2.02. The first kappa shape index (κ1) is 10.2. The number of aromatic nitrogens is 2. The summed E-state index contributed by atoms with van der Waals surface area (Å²) >= 11 is 0. The van der Waals surface area contributed by atoms with Gasteiger partial charge in [0.15, 0.2) is 0 Å². The van der Waals surface area contributed by atoms with Gasteiger partial charge < -0.3 is 10.3 Å². The number of primary amides is 1. The molecule has 1 heterocycles. The fourth-order valence-corrected chi connectivity index (χ4v) is 0.940. The van der Waals surface area contributed by atoms with Crippen LogP contribution in [0.1, 0.15) is 42.2 Å². The summed E-state index contributed by atoms with van der Waals surface area (Å²) in [7, 11) is 0. The van der Waals surface area contributed by atoms with Crippen LogP contribution in [0.25, 0.3) is 0 Å². The van der Waals surface area contributed by atoms with Crippen LogP contribution in [-0.4, -0.2) is 16.0 Å². The second-order valence-corrected chi connectivity index (χ2v) is 2.92. The van der Waals surface area contributed by atoms with Gasteiger partial charge in [-0.15, -0.1) is 0 Å². The number of carbonyl (C=O) groups excluding carboxylic acids is 1. The Morgan fingerprint density at radius 2 is 2.50 bits per heavy atom. The van der Waals surface area contributed by atoms with Crippen molar-refractivity contribution in [3.63, 3.8) is 0 Å². The molecule has 0 aliphatic carbocycles. The Morgan fingerprint density at radius 1 is 1.79 bits per heavy atom. The van der Waals surface area contributed by atoms with Gasteiger partial charge in [-0.05, 0) is 6.42 Å². The van der Waals surface area contributed by atoms with Crippen molar-refractivity contribution in [3.05, 3.63) is 11.7 Å². The average Bonchev–Trinajstić information content (AvgIpc) is 2.62. The summed E-state index contributed by atoms with van der Waals surface area (Å²) in [4.78, 5) is 14.4. The summed E-state index contributed by atoms with van der Waals surface area (Å²) in [6.45, 7) is 1.84. The standard InChI is InChI=1S/C8H10N4O2/c1-5(3-2-4-9)8-11-7(6(10)13)12-14-8/h5H,2-3H2,1H3,(H2,10,13). The van der Waals surface area contributed by atoms with Gasteiger partial charge in [-0.3, -0.25) is 4.79 Å². The highest BCUT2D eigenvalue weighted by atomic mass is 16.5. The van der Waals surface area contributed by atoms with E-state index in [2.05, 4.69) is 10.1 Å². The van der Waals surface area contributed by atoms with Crippen molar-refractivity contribution >= 4 is 5.91 Å². The first-order chi connectivity index (χ1) is 6.65. The fourth-order valence-electron chi connectivity index (χ4n) is 0.940. The van der Waals surface area contributed by atoms with Crippen LogP contribution in [0.4, 0.5) is 0 Å². The quantitative estimate of drug-likeness (QED) is 0.754. The van der Waals surface area contributed by atoms with Crippen molar-refractivity contribution < 1.29 is 9.32 Å². The van der Waals surface area contributed by atoms with Crippen LogP contribution in [0.2, 0.25) is 0 Å². The second-order valence-electron chi connectivity index (χ2n) is 2.92. The molecule has 0 aliphatic heterocycles. The lowest BCUT2D eigenvalue weighted by molar-refractivity contribution is 0.0987. The molecule has 1 unspecified atom stereocenters. The molecule has 0 aliphatic rings. The van der Waals surface area contributed by atoms with E-state index in [1.54, 1.807) is 0 Å². The molecule has 14 heavy (non-hydrogen) atoms. The lowest BCUT2D eigenvalue weighted by Crippen LogP contribution is -2.12. The Bertz CT molecular complexity index is 366. The summed E-state index contributed by atoms with van der Waals surface area (Å²) < 4.78 is 4.81. The minimum Gasteiger partial charge on any atom is -0.363 e. The Balaban J connectivity index is 2.67. The highest BCUT2D eigenvalue weighted by molar-refractivity contribution is 5.88. The number of carbonyl (C=O) groups is 1.